The average molecular weight is 295 g/mol. The van der Waals surface area contributed by atoms with Crippen molar-refractivity contribution in [3.8, 4) is 11.5 Å². The molecule has 6 nitrogen and oxygen atoms in total. The highest BCUT2D eigenvalue weighted by molar-refractivity contribution is 5.98. The average Bonchev–Trinajstić information content (AvgIpc) is 2.93. The van der Waals surface area contributed by atoms with Crippen LogP contribution in [0.2, 0.25) is 0 Å². The molecule has 0 aliphatic heterocycles. The third-order valence-electron chi connectivity index (χ3n) is 3.16. The SMILES string of the molecule is O=C(N/N=C/c1ccc(O)cc1O)c1cc2ccccc2[nH]1. The number of carbonyl (C=O) groups is 1. The molecule has 3 aromatic rings. The Bertz CT molecular complexity index is 835. The van der Waals surface area contributed by atoms with Gasteiger partial charge in [0.15, 0.2) is 0 Å². The molecule has 0 aliphatic rings. The zero-order chi connectivity index (χ0) is 15.5. The van der Waals surface area contributed by atoms with Crippen LogP contribution in [-0.2, 0) is 0 Å². The molecule has 0 atom stereocenters. The van der Waals surface area contributed by atoms with Crippen molar-refractivity contribution in [2.45, 2.75) is 0 Å². The smallest absolute Gasteiger partial charge is 0.287 e. The summed E-state index contributed by atoms with van der Waals surface area (Å²) in [4.78, 5) is 15.0. The van der Waals surface area contributed by atoms with E-state index in [1.165, 1.54) is 24.4 Å². The van der Waals surface area contributed by atoms with E-state index in [4.69, 9.17) is 0 Å². The normalized spacial score (nSPS) is 11.1. The number of fused-ring (bicyclic) bond motifs is 1. The molecule has 2 aromatic carbocycles. The maximum Gasteiger partial charge on any atom is 0.287 e. The second-order valence-electron chi connectivity index (χ2n) is 4.71. The zero-order valence-electron chi connectivity index (χ0n) is 11.4. The molecule has 0 saturated carbocycles. The first-order valence-corrected chi connectivity index (χ1v) is 6.56. The van der Waals surface area contributed by atoms with Gasteiger partial charge in [-0.1, -0.05) is 18.2 Å². The highest BCUT2D eigenvalue weighted by Crippen LogP contribution is 2.20. The highest BCUT2D eigenvalue weighted by atomic mass is 16.3. The number of nitrogens with zero attached hydrogens (tertiary/aromatic N) is 1. The van der Waals surface area contributed by atoms with Crippen molar-refractivity contribution in [3.63, 3.8) is 0 Å². The molecule has 1 aromatic heterocycles. The number of hydrazone groups is 1. The highest BCUT2D eigenvalue weighted by Gasteiger charge is 2.08. The maximum absolute atomic E-state index is 12.0. The first-order chi connectivity index (χ1) is 10.6. The summed E-state index contributed by atoms with van der Waals surface area (Å²) in [6.07, 6.45) is 1.30. The number of aromatic amines is 1. The number of hydrogen-bond acceptors (Lipinski definition) is 4. The summed E-state index contributed by atoms with van der Waals surface area (Å²) in [6.45, 7) is 0. The Labute approximate surface area is 125 Å². The minimum absolute atomic E-state index is 0.0447. The Kier molecular flexibility index (Phi) is 3.49. The summed E-state index contributed by atoms with van der Waals surface area (Å²) in [5.74, 6) is -0.550. The van der Waals surface area contributed by atoms with Gasteiger partial charge in [-0.25, -0.2) is 5.43 Å². The van der Waals surface area contributed by atoms with Crippen LogP contribution >= 0.6 is 0 Å². The largest absolute Gasteiger partial charge is 0.508 e. The van der Waals surface area contributed by atoms with Gasteiger partial charge in [0.1, 0.15) is 17.2 Å². The van der Waals surface area contributed by atoms with Crippen LogP contribution in [0.25, 0.3) is 10.9 Å². The van der Waals surface area contributed by atoms with Crippen LogP contribution < -0.4 is 5.43 Å². The van der Waals surface area contributed by atoms with Crippen molar-refractivity contribution in [2.75, 3.05) is 0 Å². The van der Waals surface area contributed by atoms with E-state index in [1.807, 2.05) is 24.3 Å². The monoisotopic (exact) mass is 295 g/mol. The Morgan fingerprint density at radius 2 is 1.95 bits per heavy atom. The summed E-state index contributed by atoms with van der Waals surface area (Å²) in [6, 6.07) is 13.4. The maximum atomic E-state index is 12.0. The summed E-state index contributed by atoms with van der Waals surface area (Å²) in [5.41, 5.74) is 4.02. The molecule has 3 rings (SSSR count). The molecule has 0 unspecified atom stereocenters. The van der Waals surface area contributed by atoms with E-state index >= 15 is 0 Å². The molecular formula is C16H13N3O3. The Balaban J connectivity index is 1.72. The number of phenols is 2. The van der Waals surface area contributed by atoms with E-state index in [0.717, 1.165) is 10.9 Å². The number of para-hydroxylation sites is 1. The van der Waals surface area contributed by atoms with Gasteiger partial charge in [-0.3, -0.25) is 4.79 Å². The van der Waals surface area contributed by atoms with Crippen LogP contribution in [0.4, 0.5) is 0 Å². The fourth-order valence-corrected chi connectivity index (χ4v) is 2.06. The van der Waals surface area contributed by atoms with Gasteiger partial charge in [-0.15, -0.1) is 0 Å². The predicted molar refractivity (Wildman–Crippen MR) is 83.1 cm³/mol. The van der Waals surface area contributed by atoms with E-state index in [1.54, 1.807) is 6.07 Å². The number of hydrogen-bond donors (Lipinski definition) is 4. The van der Waals surface area contributed by atoms with Crippen LogP contribution in [0.5, 0.6) is 11.5 Å². The van der Waals surface area contributed by atoms with E-state index in [9.17, 15) is 15.0 Å². The quantitative estimate of drug-likeness (QED) is 0.441. The van der Waals surface area contributed by atoms with Crippen LogP contribution in [0.1, 0.15) is 16.1 Å². The molecule has 0 aliphatic carbocycles. The van der Waals surface area contributed by atoms with Gasteiger partial charge in [0.05, 0.1) is 6.21 Å². The van der Waals surface area contributed by atoms with Gasteiger partial charge in [-0.2, -0.15) is 5.10 Å². The molecule has 0 fully saturated rings. The summed E-state index contributed by atoms with van der Waals surface area (Å²) in [7, 11) is 0. The first-order valence-electron chi connectivity index (χ1n) is 6.56. The third kappa shape index (κ3) is 2.76. The lowest BCUT2D eigenvalue weighted by atomic mass is 10.2. The minimum atomic E-state index is -0.384. The molecule has 0 spiro atoms. The molecule has 1 amide bonds. The van der Waals surface area contributed by atoms with E-state index in [0.29, 0.717) is 11.3 Å². The molecule has 6 heteroatoms. The summed E-state index contributed by atoms with van der Waals surface area (Å²) >= 11 is 0. The number of aromatic hydroxyl groups is 2. The van der Waals surface area contributed by atoms with Crippen molar-refractivity contribution in [1.82, 2.24) is 10.4 Å². The number of carbonyl (C=O) groups excluding carboxylic acids is 1. The topological polar surface area (TPSA) is 97.7 Å². The van der Waals surface area contributed by atoms with Crippen molar-refractivity contribution in [1.29, 1.82) is 0 Å². The number of rotatable bonds is 3. The Hall–Kier alpha value is -3.28. The van der Waals surface area contributed by atoms with Crippen LogP contribution in [0.15, 0.2) is 53.6 Å². The fraction of sp³-hybridized carbons (Fsp3) is 0. The molecule has 0 bridgehead atoms. The Morgan fingerprint density at radius 3 is 2.73 bits per heavy atom. The number of amides is 1. The molecule has 22 heavy (non-hydrogen) atoms. The van der Waals surface area contributed by atoms with Crippen LogP contribution in [0, 0.1) is 0 Å². The van der Waals surface area contributed by atoms with Gasteiger partial charge in [-0.05, 0) is 24.3 Å². The van der Waals surface area contributed by atoms with Gasteiger partial charge in [0, 0.05) is 22.5 Å². The lowest BCUT2D eigenvalue weighted by Crippen LogP contribution is -2.17. The third-order valence-corrected chi connectivity index (χ3v) is 3.16. The standard InChI is InChI=1S/C16H13N3O3/c20-12-6-5-11(15(21)8-12)9-17-19-16(22)14-7-10-3-1-2-4-13(10)18-14/h1-9,18,20-21H,(H,19,22)/b17-9+. The lowest BCUT2D eigenvalue weighted by Gasteiger charge is -1.99. The summed E-state index contributed by atoms with van der Waals surface area (Å²) in [5, 5.41) is 23.5. The van der Waals surface area contributed by atoms with E-state index < -0.39 is 0 Å². The predicted octanol–water partition coefficient (Wildman–Crippen LogP) is 2.34. The van der Waals surface area contributed by atoms with Crippen LogP contribution in [0.3, 0.4) is 0 Å². The Morgan fingerprint density at radius 1 is 1.14 bits per heavy atom. The van der Waals surface area contributed by atoms with Crippen molar-refractivity contribution < 1.29 is 15.0 Å². The van der Waals surface area contributed by atoms with Crippen molar-refractivity contribution in [3.05, 3.63) is 59.8 Å². The van der Waals surface area contributed by atoms with Gasteiger partial charge >= 0.3 is 0 Å². The number of nitrogens with one attached hydrogen (secondary N) is 2. The molecule has 110 valence electrons. The number of aromatic nitrogens is 1. The van der Waals surface area contributed by atoms with Gasteiger partial charge in [0.2, 0.25) is 0 Å². The number of benzene rings is 2. The molecule has 0 radical (unpaired) electrons. The first kappa shape index (κ1) is 13.7. The summed E-state index contributed by atoms with van der Waals surface area (Å²) < 4.78 is 0. The minimum Gasteiger partial charge on any atom is -0.508 e. The van der Waals surface area contributed by atoms with E-state index in [2.05, 4.69) is 15.5 Å². The van der Waals surface area contributed by atoms with Gasteiger partial charge in [0.25, 0.3) is 5.91 Å². The second kappa shape index (κ2) is 5.61. The number of H-pyrrole nitrogens is 1. The van der Waals surface area contributed by atoms with E-state index in [-0.39, 0.29) is 17.4 Å². The number of phenolic OH excluding ortho intramolecular Hbond substituents is 2. The van der Waals surface area contributed by atoms with Crippen molar-refractivity contribution in [2.24, 2.45) is 5.10 Å². The molecular weight excluding hydrogens is 282 g/mol. The zero-order valence-corrected chi connectivity index (χ0v) is 11.4. The van der Waals surface area contributed by atoms with Crippen LogP contribution in [-0.4, -0.2) is 27.3 Å². The second-order valence-corrected chi connectivity index (χ2v) is 4.71. The van der Waals surface area contributed by atoms with Gasteiger partial charge < -0.3 is 15.2 Å². The lowest BCUT2D eigenvalue weighted by molar-refractivity contribution is 0.0951. The molecule has 4 N–H and O–H groups in total. The van der Waals surface area contributed by atoms with Crippen molar-refractivity contribution >= 4 is 23.0 Å². The molecule has 0 saturated heterocycles. The fourth-order valence-electron chi connectivity index (χ4n) is 2.06. The molecule has 1 heterocycles.